The molecule has 2 nitrogen and oxygen atoms in total. The van der Waals surface area contributed by atoms with Gasteiger partial charge in [0.1, 0.15) is 0 Å². The van der Waals surface area contributed by atoms with E-state index in [-0.39, 0.29) is 0 Å². The molecular formula is C16H27NO. The molecule has 1 aromatic rings. The molecule has 1 rings (SSSR count). The molecule has 0 spiro atoms. The van der Waals surface area contributed by atoms with Crippen LogP contribution in [0.5, 0.6) is 0 Å². The van der Waals surface area contributed by atoms with Crippen molar-refractivity contribution in [2.75, 3.05) is 20.3 Å². The van der Waals surface area contributed by atoms with Crippen molar-refractivity contribution in [2.45, 2.75) is 39.7 Å². The predicted molar refractivity (Wildman–Crippen MR) is 77.8 cm³/mol. The van der Waals surface area contributed by atoms with Crippen LogP contribution in [0.4, 0.5) is 0 Å². The van der Waals surface area contributed by atoms with Gasteiger partial charge >= 0.3 is 0 Å². The van der Waals surface area contributed by atoms with Gasteiger partial charge in [-0.25, -0.2) is 0 Å². The summed E-state index contributed by atoms with van der Waals surface area (Å²) in [6.07, 6.45) is 3.49. The number of hydrogen-bond acceptors (Lipinski definition) is 2. The summed E-state index contributed by atoms with van der Waals surface area (Å²) in [6, 6.07) is 8.98. The summed E-state index contributed by atoms with van der Waals surface area (Å²) in [6.45, 7) is 7.42. The third kappa shape index (κ3) is 6.77. The van der Waals surface area contributed by atoms with Crippen molar-refractivity contribution < 1.29 is 4.74 Å². The number of methoxy groups -OCH3 is 1. The summed E-state index contributed by atoms with van der Waals surface area (Å²) in [4.78, 5) is 0. The third-order valence-corrected chi connectivity index (χ3v) is 2.95. The van der Waals surface area contributed by atoms with Gasteiger partial charge in [0, 0.05) is 20.3 Å². The summed E-state index contributed by atoms with van der Waals surface area (Å²) in [7, 11) is 1.76. The summed E-state index contributed by atoms with van der Waals surface area (Å²) in [5, 5.41) is 3.47. The molecule has 0 heterocycles. The van der Waals surface area contributed by atoms with E-state index in [1.54, 1.807) is 7.11 Å². The Morgan fingerprint density at radius 3 is 2.33 bits per heavy atom. The number of hydrogen-bond donors (Lipinski definition) is 1. The summed E-state index contributed by atoms with van der Waals surface area (Å²) in [5.74, 6) is 0.731. The Bertz CT molecular complexity index is 305. The number of benzene rings is 1. The maximum atomic E-state index is 5.02. The SMILES string of the molecule is COCCCCNCc1ccc(CC(C)C)cc1. The lowest BCUT2D eigenvalue weighted by Gasteiger charge is -2.07. The Morgan fingerprint density at radius 1 is 1.06 bits per heavy atom. The van der Waals surface area contributed by atoms with Crippen molar-refractivity contribution in [1.29, 1.82) is 0 Å². The highest BCUT2D eigenvalue weighted by Crippen LogP contribution is 2.09. The quantitative estimate of drug-likeness (QED) is 0.677. The first-order valence-electron chi connectivity index (χ1n) is 7.00. The predicted octanol–water partition coefficient (Wildman–Crippen LogP) is 3.40. The van der Waals surface area contributed by atoms with Crippen molar-refractivity contribution in [3.05, 3.63) is 35.4 Å². The lowest BCUT2D eigenvalue weighted by atomic mass is 10.0. The molecule has 0 bridgehead atoms. The topological polar surface area (TPSA) is 21.3 Å². The molecule has 0 aliphatic heterocycles. The van der Waals surface area contributed by atoms with E-state index in [0.717, 1.165) is 32.0 Å². The highest BCUT2D eigenvalue weighted by molar-refractivity contribution is 5.22. The maximum absolute atomic E-state index is 5.02. The molecule has 0 amide bonds. The smallest absolute Gasteiger partial charge is 0.0462 e. The Morgan fingerprint density at radius 2 is 1.72 bits per heavy atom. The van der Waals surface area contributed by atoms with Gasteiger partial charge in [0.2, 0.25) is 0 Å². The zero-order valence-electron chi connectivity index (χ0n) is 12.0. The number of nitrogens with one attached hydrogen (secondary N) is 1. The maximum Gasteiger partial charge on any atom is 0.0462 e. The van der Waals surface area contributed by atoms with Gasteiger partial charge in [0.05, 0.1) is 0 Å². The molecule has 0 aromatic heterocycles. The van der Waals surface area contributed by atoms with Crippen LogP contribution in [0.25, 0.3) is 0 Å². The minimum atomic E-state index is 0.731. The fraction of sp³-hybridized carbons (Fsp3) is 0.625. The van der Waals surface area contributed by atoms with Gasteiger partial charge in [-0.1, -0.05) is 38.1 Å². The lowest BCUT2D eigenvalue weighted by Crippen LogP contribution is -2.15. The van der Waals surface area contributed by atoms with Gasteiger partial charge < -0.3 is 10.1 Å². The van der Waals surface area contributed by atoms with E-state index in [1.807, 2.05) is 0 Å². The molecule has 0 radical (unpaired) electrons. The first-order valence-corrected chi connectivity index (χ1v) is 7.00. The molecule has 0 aliphatic rings. The highest BCUT2D eigenvalue weighted by Gasteiger charge is 1.98. The van der Waals surface area contributed by atoms with E-state index in [0.29, 0.717) is 0 Å². The number of rotatable bonds is 9. The van der Waals surface area contributed by atoms with Crippen LogP contribution in [0.15, 0.2) is 24.3 Å². The van der Waals surface area contributed by atoms with Crippen LogP contribution in [0.3, 0.4) is 0 Å². The van der Waals surface area contributed by atoms with Gasteiger partial charge in [0.15, 0.2) is 0 Å². The number of ether oxygens (including phenoxy) is 1. The average Bonchev–Trinajstić information content (AvgIpc) is 2.35. The van der Waals surface area contributed by atoms with Crippen LogP contribution in [0.1, 0.15) is 37.8 Å². The molecular weight excluding hydrogens is 222 g/mol. The molecule has 1 aromatic carbocycles. The minimum Gasteiger partial charge on any atom is -0.385 e. The molecule has 18 heavy (non-hydrogen) atoms. The monoisotopic (exact) mass is 249 g/mol. The van der Waals surface area contributed by atoms with Crippen molar-refractivity contribution in [3.63, 3.8) is 0 Å². The van der Waals surface area contributed by atoms with Gasteiger partial charge in [-0.15, -0.1) is 0 Å². The summed E-state index contributed by atoms with van der Waals surface area (Å²) >= 11 is 0. The molecule has 0 atom stereocenters. The van der Waals surface area contributed by atoms with Gasteiger partial charge in [-0.2, -0.15) is 0 Å². The Balaban J connectivity index is 2.18. The number of unbranched alkanes of at least 4 members (excludes halogenated alkanes) is 1. The third-order valence-electron chi connectivity index (χ3n) is 2.95. The van der Waals surface area contributed by atoms with Gasteiger partial charge in [-0.3, -0.25) is 0 Å². The molecule has 1 N–H and O–H groups in total. The van der Waals surface area contributed by atoms with E-state index in [1.165, 1.54) is 24.0 Å². The van der Waals surface area contributed by atoms with Crippen molar-refractivity contribution in [1.82, 2.24) is 5.32 Å². The van der Waals surface area contributed by atoms with E-state index in [4.69, 9.17) is 4.74 Å². The van der Waals surface area contributed by atoms with Gasteiger partial charge in [0.25, 0.3) is 0 Å². The van der Waals surface area contributed by atoms with Crippen LogP contribution in [0.2, 0.25) is 0 Å². The van der Waals surface area contributed by atoms with Crippen molar-refractivity contribution in [3.8, 4) is 0 Å². The van der Waals surface area contributed by atoms with Crippen LogP contribution in [-0.2, 0) is 17.7 Å². The standard InChI is InChI=1S/C16H27NO/c1-14(2)12-15-6-8-16(9-7-15)13-17-10-4-5-11-18-3/h6-9,14,17H,4-5,10-13H2,1-3H3. The Hall–Kier alpha value is -0.860. The zero-order chi connectivity index (χ0) is 13.2. The van der Waals surface area contributed by atoms with E-state index >= 15 is 0 Å². The second-order valence-corrected chi connectivity index (χ2v) is 5.29. The van der Waals surface area contributed by atoms with Crippen molar-refractivity contribution in [2.24, 2.45) is 5.92 Å². The van der Waals surface area contributed by atoms with E-state index in [2.05, 4.69) is 43.4 Å². The second kappa shape index (κ2) is 9.12. The first kappa shape index (κ1) is 15.2. The summed E-state index contributed by atoms with van der Waals surface area (Å²) < 4.78 is 5.02. The van der Waals surface area contributed by atoms with Gasteiger partial charge in [-0.05, 0) is 42.9 Å². The van der Waals surface area contributed by atoms with Crippen LogP contribution in [-0.4, -0.2) is 20.3 Å². The molecule has 0 saturated heterocycles. The molecule has 0 saturated carbocycles. The fourth-order valence-electron chi connectivity index (χ4n) is 1.99. The molecule has 2 heteroatoms. The Kier molecular flexibility index (Phi) is 7.70. The summed E-state index contributed by atoms with van der Waals surface area (Å²) in [5.41, 5.74) is 2.81. The highest BCUT2D eigenvalue weighted by atomic mass is 16.5. The molecule has 102 valence electrons. The largest absolute Gasteiger partial charge is 0.385 e. The van der Waals surface area contributed by atoms with Crippen LogP contribution in [0, 0.1) is 5.92 Å². The lowest BCUT2D eigenvalue weighted by molar-refractivity contribution is 0.192. The average molecular weight is 249 g/mol. The second-order valence-electron chi connectivity index (χ2n) is 5.29. The normalized spacial score (nSPS) is 11.1. The minimum absolute atomic E-state index is 0.731. The Labute approximate surface area is 112 Å². The van der Waals surface area contributed by atoms with E-state index < -0.39 is 0 Å². The fourth-order valence-corrected chi connectivity index (χ4v) is 1.99. The molecule has 0 aliphatic carbocycles. The van der Waals surface area contributed by atoms with E-state index in [9.17, 15) is 0 Å². The van der Waals surface area contributed by atoms with Crippen molar-refractivity contribution >= 4 is 0 Å². The van der Waals surface area contributed by atoms with Crippen LogP contribution >= 0.6 is 0 Å². The first-order chi connectivity index (χ1) is 8.72. The zero-order valence-corrected chi connectivity index (χ0v) is 12.0. The van der Waals surface area contributed by atoms with Crippen LogP contribution < -0.4 is 5.32 Å². The molecule has 0 fully saturated rings. The molecule has 0 unspecified atom stereocenters.